The van der Waals surface area contributed by atoms with Crippen LogP contribution >= 0.6 is 11.6 Å². The molecule has 0 heterocycles. The SMILES string of the molecule is CCC(C)CNCc1ccc(Cl)cc1C. The molecule has 0 amide bonds. The molecule has 0 saturated carbocycles. The molecular weight excluding hydrogens is 206 g/mol. The molecule has 0 aliphatic rings. The van der Waals surface area contributed by atoms with Gasteiger partial charge in [-0.2, -0.15) is 0 Å². The fourth-order valence-electron chi connectivity index (χ4n) is 1.46. The highest BCUT2D eigenvalue weighted by Crippen LogP contribution is 2.15. The van der Waals surface area contributed by atoms with Crippen LogP contribution in [0.25, 0.3) is 0 Å². The zero-order valence-corrected chi connectivity index (χ0v) is 10.6. The molecule has 1 nitrogen and oxygen atoms in total. The number of halogens is 1. The lowest BCUT2D eigenvalue weighted by molar-refractivity contribution is 0.499. The Balaban J connectivity index is 2.44. The highest BCUT2D eigenvalue weighted by Gasteiger charge is 2.01. The highest BCUT2D eigenvalue weighted by molar-refractivity contribution is 6.30. The maximum absolute atomic E-state index is 5.90. The van der Waals surface area contributed by atoms with Gasteiger partial charge in [0.1, 0.15) is 0 Å². The van der Waals surface area contributed by atoms with Gasteiger partial charge in [-0.3, -0.25) is 0 Å². The Morgan fingerprint density at radius 1 is 1.40 bits per heavy atom. The molecule has 1 N–H and O–H groups in total. The van der Waals surface area contributed by atoms with Gasteiger partial charge < -0.3 is 5.32 Å². The largest absolute Gasteiger partial charge is 0.312 e. The van der Waals surface area contributed by atoms with Gasteiger partial charge in [-0.15, -0.1) is 0 Å². The molecule has 1 atom stereocenters. The second-order valence-electron chi connectivity index (χ2n) is 4.22. The van der Waals surface area contributed by atoms with Gasteiger partial charge in [0.15, 0.2) is 0 Å². The first-order valence-corrected chi connectivity index (χ1v) is 5.97. The third kappa shape index (κ3) is 4.23. The molecule has 1 aromatic carbocycles. The molecule has 1 rings (SSSR count). The van der Waals surface area contributed by atoms with Crippen molar-refractivity contribution in [3.63, 3.8) is 0 Å². The second-order valence-corrected chi connectivity index (χ2v) is 4.65. The Bertz CT molecular complexity index is 309. The average Bonchev–Trinajstić information content (AvgIpc) is 2.21. The molecule has 84 valence electrons. The molecule has 0 aliphatic carbocycles. The molecule has 0 fully saturated rings. The minimum atomic E-state index is 0.748. The van der Waals surface area contributed by atoms with Gasteiger partial charge in [-0.1, -0.05) is 37.9 Å². The fourth-order valence-corrected chi connectivity index (χ4v) is 1.68. The molecule has 2 heteroatoms. The van der Waals surface area contributed by atoms with Crippen LogP contribution < -0.4 is 5.32 Å². The van der Waals surface area contributed by atoms with Crippen molar-refractivity contribution in [2.45, 2.75) is 33.7 Å². The van der Waals surface area contributed by atoms with Gasteiger partial charge in [0, 0.05) is 11.6 Å². The quantitative estimate of drug-likeness (QED) is 0.804. The van der Waals surface area contributed by atoms with Crippen LogP contribution in [0.4, 0.5) is 0 Å². The Kier molecular flexibility index (Phi) is 5.13. The lowest BCUT2D eigenvalue weighted by Gasteiger charge is -2.11. The Hall–Kier alpha value is -0.530. The van der Waals surface area contributed by atoms with E-state index in [0.29, 0.717) is 0 Å². The average molecular weight is 226 g/mol. The van der Waals surface area contributed by atoms with Gasteiger partial charge in [-0.05, 0) is 42.6 Å². The van der Waals surface area contributed by atoms with Crippen molar-refractivity contribution < 1.29 is 0 Å². The van der Waals surface area contributed by atoms with Crippen molar-refractivity contribution in [1.82, 2.24) is 5.32 Å². The second kappa shape index (κ2) is 6.14. The van der Waals surface area contributed by atoms with E-state index in [1.54, 1.807) is 0 Å². The van der Waals surface area contributed by atoms with Gasteiger partial charge >= 0.3 is 0 Å². The topological polar surface area (TPSA) is 12.0 Å². The van der Waals surface area contributed by atoms with E-state index in [9.17, 15) is 0 Å². The molecule has 1 unspecified atom stereocenters. The predicted octanol–water partition coefficient (Wildman–Crippen LogP) is 3.78. The smallest absolute Gasteiger partial charge is 0.0408 e. The molecule has 0 bridgehead atoms. The van der Waals surface area contributed by atoms with Gasteiger partial charge in [0.25, 0.3) is 0 Å². The van der Waals surface area contributed by atoms with E-state index < -0.39 is 0 Å². The maximum atomic E-state index is 5.90. The molecular formula is C13H20ClN. The van der Waals surface area contributed by atoms with Crippen LogP contribution in [0.1, 0.15) is 31.4 Å². The normalized spacial score (nSPS) is 12.8. The van der Waals surface area contributed by atoms with Crippen LogP contribution in [0.5, 0.6) is 0 Å². The van der Waals surface area contributed by atoms with Crippen molar-refractivity contribution in [3.05, 3.63) is 34.3 Å². The number of aryl methyl sites for hydroxylation is 1. The van der Waals surface area contributed by atoms with Gasteiger partial charge in [-0.25, -0.2) is 0 Å². The number of nitrogens with one attached hydrogen (secondary N) is 1. The number of hydrogen-bond donors (Lipinski definition) is 1. The van der Waals surface area contributed by atoms with Gasteiger partial charge in [0.2, 0.25) is 0 Å². The standard InChI is InChI=1S/C13H20ClN/c1-4-10(2)8-15-9-12-5-6-13(14)7-11(12)3/h5-7,10,15H,4,8-9H2,1-3H3. The molecule has 15 heavy (non-hydrogen) atoms. The maximum Gasteiger partial charge on any atom is 0.0408 e. The summed E-state index contributed by atoms with van der Waals surface area (Å²) >= 11 is 5.90. The highest BCUT2D eigenvalue weighted by atomic mass is 35.5. The summed E-state index contributed by atoms with van der Waals surface area (Å²) < 4.78 is 0. The van der Waals surface area contributed by atoms with Crippen LogP contribution in [-0.4, -0.2) is 6.54 Å². The van der Waals surface area contributed by atoms with E-state index in [1.807, 2.05) is 12.1 Å². The van der Waals surface area contributed by atoms with Crippen molar-refractivity contribution in [3.8, 4) is 0 Å². The fraction of sp³-hybridized carbons (Fsp3) is 0.538. The minimum absolute atomic E-state index is 0.748. The van der Waals surface area contributed by atoms with Crippen molar-refractivity contribution in [2.75, 3.05) is 6.54 Å². The van der Waals surface area contributed by atoms with E-state index in [0.717, 1.165) is 24.0 Å². The summed E-state index contributed by atoms with van der Waals surface area (Å²) in [6.07, 6.45) is 1.23. The van der Waals surface area contributed by atoms with Crippen LogP contribution in [-0.2, 0) is 6.54 Å². The molecule has 0 spiro atoms. The zero-order valence-electron chi connectivity index (χ0n) is 9.81. The van der Waals surface area contributed by atoms with E-state index in [2.05, 4.69) is 32.2 Å². The minimum Gasteiger partial charge on any atom is -0.312 e. The Morgan fingerprint density at radius 2 is 2.13 bits per heavy atom. The molecule has 1 aromatic rings. The summed E-state index contributed by atoms with van der Waals surface area (Å²) in [5.74, 6) is 0.748. The summed E-state index contributed by atoms with van der Waals surface area (Å²) in [4.78, 5) is 0. The Labute approximate surface area is 97.8 Å². The predicted molar refractivity (Wildman–Crippen MR) is 67.4 cm³/mol. The third-order valence-electron chi connectivity index (χ3n) is 2.81. The summed E-state index contributed by atoms with van der Waals surface area (Å²) in [6.45, 7) is 8.61. The van der Waals surface area contributed by atoms with Crippen molar-refractivity contribution in [1.29, 1.82) is 0 Å². The van der Waals surface area contributed by atoms with Crippen molar-refractivity contribution >= 4 is 11.6 Å². The molecule has 0 saturated heterocycles. The number of benzene rings is 1. The first-order chi connectivity index (χ1) is 7.13. The summed E-state index contributed by atoms with van der Waals surface area (Å²) in [6, 6.07) is 6.07. The first-order valence-electron chi connectivity index (χ1n) is 5.59. The summed E-state index contributed by atoms with van der Waals surface area (Å²) in [5.41, 5.74) is 2.60. The molecule has 0 radical (unpaired) electrons. The van der Waals surface area contributed by atoms with Gasteiger partial charge in [0.05, 0.1) is 0 Å². The zero-order chi connectivity index (χ0) is 11.3. The Morgan fingerprint density at radius 3 is 2.73 bits per heavy atom. The molecule has 0 aromatic heterocycles. The van der Waals surface area contributed by atoms with Crippen LogP contribution in [0.15, 0.2) is 18.2 Å². The molecule has 0 aliphatic heterocycles. The van der Waals surface area contributed by atoms with E-state index in [-0.39, 0.29) is 0 Å². The van der Waals surface area contributed by atoms with E-state index >= 15 is 0 Å². The lowest BCUT2D eigenvalue weighted by atomic mass is 10.1. The number of rotatable bonds is 5. The van der Waals surface area contributed by atoms with Crippen LogP contribution in [0.2, 0.25) is 5.02 Å². The van der Waals surface area contributed by atoms with Crippen LogP contribution in [0.3, 0.4) is 0 Å². The van der Waals surface area contributed by atoms with E-state index in [1.165, 1.54) is 17.5 Å². The first kappa shape index (κ1) is 12.5. The monoisotopic (exact) mass is 225 g/mol. The third-order valence-corrected chi connectivity index (χ3v) is 3.04. The summed E-state index contributed by atoms with van der Waals surface area (Å²) in [5, 5.41) is 4.29. The van der Waals surface area contributed by atoms with Crippen LogP contribution in [0, 0.1) is 12.8 Å². The van der Waals surface area contributed by atoms with E-state index in [4.69, 9.17) is 11.6 Å². The number of hydrogen-bond acceptors (Lipinski definition) is 1. The van der Waals surface area contributed by atoms with Crippen molar-refractivity contribution in [2.24, 2.45) is 5.92 Å². The summed E-state index contributed by atoms with van der Waals surface area (Å²) in [7, 11) is 0. The lowest BCUT2D eigenvalue weighted by Crippen LogP contribution is -2.20.